The van der Waals surface area contributed by atoms with Crippen LogP contribution in [0, 0.1) is 18.8 Å². The summed E-state index contributed by atoms with van der Waals surface area (Å²) in [6.07, 6.45) is 2.73. The Morgan fingerprint density at radius 3 is 2.86 bits per heavy atom. The zero-order chi connectivity index (χ0) is 15.3. The SMILES string of the molecule is Cc1cc(CNS(=O)(=O)c2cncc(C#CCN)c2)on1. The molecule has 0 saturated heterocycles. The highest BCUT2D eigenvalue weighted by atomic mass is 32.2. The molecule has 0 spiro atoms. The van der Waals surface area contributed by atoms with Crippen LogP contribution in [0.25, 0.3) is 0 Å². The molecule has 0 aromatic carbocycles. The summed E-state index contributed by atoms with van der Waals surface area (Å²) in [6, 6.07) is 3.09. The minimum Gasteiger partial charge on any atom is -0.360 e. The second-order valence-corrected chi connectivity index (χ2v) is 5.94. The van der Waals surface area contributed by atoms with Crippen molar-refractivity contribution >= 4 is 10.0 Å². The molecule has 0 aliphatic carbocycles. The van der Waals surface area contributed by atoms with Gasteiger partial charge in [-0.2, -0.15) is 0 Å². The average Bonchev–Trinajstić information content (AvgIpc) is 2.89. The third kappa shape index (κ3) is 4.13. The van der Waals surface area contributed by atoms with E-state index in [1.807, 2.05) is 0 Å². The summed E-state index contributed by atoms with van der Waals surface area (Å²) in [4.78, 5) is 3.89. The molecule has 110 valence electrons. The zero-order valence-electron chi connectivity index (χ0n) is 11.3. The molecule has 0 saturated carbocycles. The summed E-state index contributed by atoms with van der Waals surface area (Å²) in [5.74, 6) is 5.81. The molecule has 2 aromatic rings. The molecule has 0 fully saturated rings. The normalized spacial score (nSPS) is 11.0. The van der Waals surface area contributed by atoms with E-state index in [0.29, 0.717) is 17.0 Å². The van der Waals surface area contributed by atoms with Gasteiger partial charge in [0.1, 0.15) is 4.90 Å². The maximum Gasteiger partial charge on any atom is 0.242 e. The van der Waals surface area contributed by atoms with Crippen molar-refractivity contribution in [2.75, 3.05) is 6.54 Å². The van der Waals surface area contributed by atoms with E-state index in [9.17, 15) is 8.42 Å². The number of aryl methyl sites for hydroxylation is 1. The van der Waals surface area contributed by atoms with Crippen LogP contribution in [0.4, 0.5) is 0 Å². The first-order valence-corrected chi connectivity index (χ1v) is 7.55. The van der Waals surface area contributed by atoms with Crippen LogP contribution in [0.2, 0.25) is 0 Å². The van der Waals surface area contributed by atoms with E-state index in [1.165, 1.54) is 18.5 Å². The second kappa shape index (κ2) is 6.49. The van der Waals surface area contributed by atoms with Gasteiger partial charge in [-0.05, 0) is 13.0 Å². The number of nitrogens with zero attached hydrogens (tertiary/aromatic N) is 2. The fraction of sp³-hybridized carbons (Fsp3) is 0.231. The topological polar surface area (TPSA) is 111 Å². The first-order valence-electron chi connectivity index (χ1n) is 6.07. The van der Waals surface area contributed by atoms with Gasteiger partial charge in [-0.3, -0.25) is 4.98 Å². The van der Waals surface area contributed by atoms with Crippen molar-refractivity contribution in [2.45, 2.75) is 18.4 Å². The standard InChI is InChI=1S/C13H14N4O3S/c1-10-5-12(20-17-10)8-16-21(18,19)13-6-11(3-2-4-14)7-15-9-13/h5-7,9,16H,4,8,14H2,1H3. The lowest BCUT2D eigenvalue weighted by Crippen LogP contribution is -2.23. The number of nitrogens with two attached hydrogens (primary N) is 1. The number of aromatic nitrogens is 2. The minimum atomic E-state index is -3.70. The number of hydrogen-bond donors (Lipinski definition) is 2. The van der Waals surface area contributed by atoms with Crippen LogP contribution >= 0.6 is 0 Å². The summed E-state index contributed by atoms with van der Waals surface area (Å²) in [5, 5.41) is 3.69. The van der Waals surface area contributed by atoms with Crippen molar-refractivity contribution in [3.05, 3.63) is 41.5 Å². The lowest BCUT2D eigenvalue weighted by molar-refractivity contribution is 0.377. The Morgan fingerprint density at radius 1 is 1.38 bits per heavy atom. The number of pyridine rings is 1. The van der Waals surface area contributed by atoms with Crippen molar-refractivity contribution in [3.8, 4) is 11.8 Å². The monoisotopic (exact) mass is 306 g/mol. The molecule has 0 aliphatic heterocycles. The van der Waals surface area contributed by atoms with Gasteiger partial charge < -0.3 is 10.3 Å². The Labute approximate surface area is 122 Å². The predicted octanol–water partition coefficient (Wildman–Crippen LogP) is 0.167. The van der Waals surface area contributed by atoms with E-state index in [4.69, 9.17) is 10.3 Å². The van der Waals surface area contributed by atoms with Crippen LogP contribution in [0.15, 0.2) is 33.9 Å². The van der Waals surface area contributed by atoms with Crippen molar-refractivity contribution in [3.63, 3.8) is 0 Å². The molecule has 8 heteroatoms. The molecule has 2 rings (SSSR count). The summed E-state index contributed by atoms with van der Waals surface area (Å²) >= 11 is 0. The largest absolute Gasteiger partial charge is 0.360 e. The van der Waals surface area contributed by atoms with Gasteiger partial charge in [-0.15, -0.1) is 0 Å². The smallest absolute Gasteiger partial charge is 0.242 e. The van der Waals surface area contributed by atoms with Crippen LogP contribution in [-0.4, -0.2) is 25.1 Å². The number of sulfonamides is 1. The Morgan fingerprint density at radius 2 is 2.19 bits per heavy atom. The van der Waals surface area contributed by atoms with Crippen LogP contribution in [0.5, 0.6) is 0 Å². The van der Waals surface area contributed by atoms with Gasteiger partial charge in [-0.25, -0.2) is 13.1 Å². The van der Waals surface area contributed by atoms with Gasteiger partial charge in [0.05, 0.1) is 18.8 Å². The lowest BCUT2D eigenvalue weighted by atomic mass is 10.3. The minimum absolute atomic E-state index is 0.0158. The van der Waals surface area contributed by atoms with Gasteiger partial charge in [0.2, 0.25) is 10.0 Å². The molecule has 2 heterocycles. The summed E-state index contributed by atoms with van der Waals surface area (Å²) in [6.45, 7) is 1.97. The highest BCUT2D eigenvalue weighted by Crippen LogP contribution is 2.10. The Bertz CT molecular complexity index is 787. The van der Waals surface area contributed by atoms with Crippen LogP contribution in [0.1, 0.15) is 17.0 Å². The highest BCUT2D eigenvalue weighted by Gasteiger charge is 2.15. The number of hydrogen-bond acceptors (Lipinski definition) is 6. The molecule has 0 aliphatic rings. The van der Waals surface area contributed by atoms with Crippen molar-refractivity contribution in [1.82, 2.24) is 14.9 Å². The summed E-state index contributed by atoms with van der Waals surface area (Å²) < 4.78 is 31.7. The van der Waals surface area contributed by atoms with Gasteiger partial charge in [-0.1, -0.05) is 17.0 Å². The molecular formula is C13H14N4O3S. The maximum atomic E-state index is 12.2. The summed E-state index contributed by atoms with van der Waals surface area (Å²) in [7, 11) is -3.70. The molecule has 0 amide bonds. The lowest BCUT2D eigenvalue weighted by Gasteiger charge is -2.04. The van der Waals surface area contributed by atoms with Crippen LogP contribution < -0.4 is 10.5 Å². The van der Waals surface area contributed by atoms with Crippen molar-refractivity contribution in [1.29, 1.82) is 0 Å². The van der Waals surface area contributed by atoms with Gasteiger partial charge >= 0.3 is 0 Å². The molecule has 2 aromatic heterocycles. The third-order valence-corrected chi connectivity index (χ3v) is 3.84. The van der Waals surface area contributed by atoms with Crippen LogP contribution in [0.3, 0.4) is 0 Å². The maximum absolute atomic E-state index is 12.2. The molecule has 0 atom stereocenters. The Kier molecular flexibility index (Phi) is 4.70. The van der Waals surface area contributed by atoms with Crippen molar-refractivity contribution in [2.24, 2.45) is 5.73 Å². The fourth-order valence-electron chi connectivity index (χ4n) is 1.54. The van der Waals surface area contributed by atoms with Gasteiger partial charge in [0.15, 0.2) is 5.76 Å². The van der Waals surface area contributed by atoms with E-state index in [-0.39, 0.29) is 18.0 Å². The van der Waals surface area contributed by atoms with E-state index >= 15 is 0 Å². The molecule has 3 N–H and O–H groups in total. The molecule has 0 unspecified atom stereocenters. The second-order valence-electron chi connectivity index (χ2n) is 4.17. The first-order chi connectivity index (χ1) is 10.0. The van der Waals surface area contributed by atoms with E-state index in [2.05, 4.69) is 26.7 Å². The molecule has 7 nitrogen and oxygen atoms in total. The fourth-order valence-corrected chi connectivity index (χ4v) is 2.52. The van der Waals surface area contributed by atoms with Gasteiger partial charge in [0, 0.05) is 24.0 Å². The van der Waals surface area contributed by atoms with Crippen LogP contribution in [-0.2, 0) is 16.6 Å². The van der Waals surface area contributed by atoms with E-state index in [1.54, 1.807) is 13.0 Å². The molecule has 0 radical (unpaired) electrons. The Balaban J connectivity index is 2.15. The zero-order valence-corrected chi connectivity index (χ0v) is 12.1. The van der Waals surface area contributed by atoms with Gasteiger partial charge in [0.25, 0.3) is 0 Å². The number of nitrogens with one attached hydrogen (secondary N) is 1. The average molecular weight is 306 g/mol. The Hall–Kier alpha value is -2.21. The highest BCUT2D eigenvalue weighted by molar-refractivity contribution is 7.89. The molecule has 21 heavy (non-hydrogen) atoms. The predicted molar refractivity (Wildman–Crippen MR) is 75.4 cm³/mol. The van der Waals surface area contributed by atoms with E-state index in [0.717, 1.165) is 0 Å². The van der Waals surface area contributed by atoms with Crippen molar-refractivity contribution < 1.29 is 12.9 Å². The molecular weight excluding hydrogens is 292 g/mol. The number of rotatable bonds is 4. The van der Waals surface area contributed by atoms with E-state index < -0.39 is 10.0 Å². The first kappa shape index (κ1) is 15.2. The summed E-state index contributed by atoms with van der Waals surface area (Å²) in [5.41, 5.74) is 6.44. The third-order valence-electron chi connectivity index (χ3n) is 2.47. The quantitative estimate of drug-likeness (QED) is 0.779. The molecule has 0 bridgehead atoms.